The smallest absolute Gasteiger partial charge is 0.311 e. The number of hydrogen-bond donors (Lipinski definition) is 1. The highest BCUT2D eigenvalue weighted by Gasteiger charge is 2.09. The van der Waals surface area contributed by atoms with Crippen LogP contribution >= 0.6 is 0 Å². The van der Waals surface area contributed by atoms with Crippen LogP contribution in [0.3, 0.4) is 0 Å². The predicted molar refractivity (Wildman–Crippen MR) is 101 cm³/mol. The van der Waals surface area contributed by atoms with Gasteiger partial charge in [-0.15, -0.1) is 0 Å². The molecule has 0 heterocycles. The number of esters is 1. The highest BCUT2D eigenvalue weighted by atomic mass is 16.5. The van der Waals surface area contributed by atoms with E-state index in [9.17, 15) is 9.59 Å². The van der Waals surface area contributed by atoms with Gasteiger partial charge in [0.15, 0.2) is 0 Å². The Morgan fingerprint density at radius 3 is 2.04 bits per heavy atom. The molecule has 4 heteroatoms. The number of benzene rings is 3. The Morgan fingerprint density at radius 1 is 0.769 bits per heavy atom. The Balaban J connectivity index is 1.52. The van der Waals surface area contributed by atoms with Crippen molar-refractivity contribution < 1.29 is 14.3 Å². The molecule has 26 heavy (non-hydrogen) atoms. The van der Waals surface area contributed by atoms with Gasteiger partial charge in [-0.05, 0) is 48.4 Å². The lowest BCUT2D eigenvalue weighted by Crippen LogP contribution is -2.12. The van der Waals surface area contributed by atoms with E-state index in [-0.39, 0.29) is 11.9 Å². The van der Waals surface area contributed by atoms with Gasteiger partial charge < -0.3 is 10.1 Å². The monoisotopic (exact) mass is 345 g/mol. The van der Waals surface area contributed by atoms with E-state index in [4.69, 9.17) is 4.74 Å². The molecule has 130 valence electrons. The second-order valence-corrected chi connectivity index (χ2v) is 5.80. The van der Waals surface area contributed by atoms with Gasteiger partial charge in [0.1, 0.15) is 5.75 Å². The number of ether oxygens (including phenoxy) is 1. The fourth-order valence-electron chi connectivity index (χ4n) is 2.47. The van der Waals surface area contributed by atoms with Crippen molar-refractivity contribution in [2.24, 2.45) is 0 Å². The topological polar surface area (TPSA) is 55.4 Å². The number of rotatable bonds is 6. The Bertz CT molecular complexity index is 859. The molecule has 0 aliphatic carbocycles. The first kappa shape index (κ1) is 17.4. The summed E-state index contributed by atoms with van der Waals surface area (Å²) in [6.45, 7) is 0. The largest absolute Gasteiger partial charge is 0.427 e. The Hall–Kier alpha value is -3.40. The van der Waals surface area contributed by atoms with Crippen LogP contribution in [-0.2, 0) is 11.2 Å². The lowest BCUT2D eigenvalue weighted by molar-refractivity contribution is -0.134. The van der Waals surface area contributed by atoms with Crippen molar-refractivity contribution in [1.29, 1.82) is 0 Å². The number of anilines is 1. The Morgan fingerprint density at radius 2 is 1.38 bits per heavy atom. The number of carbonyl (C=O) groups excluding carboxylic acids is 2. The average Bonchev–Trinajstić information content (AvgIpc) is 2.68. The average molecular weight is 345 g/mol. The lowest BCUT2D eigenvalue weighted by Gasteiger charge is -2.07. The van der Waals surface area contributed by atoms with E-state index in [1.54, 1.807) is 24.3 Å². The summed E-state index contributed by atoms with van der Waals surface area (Å²) in [5.74, 6) is -0.0761. The highest BCUT2D eigenvalue weighted by molar-refractivity contribution is 6.04. The fourth-order valence-corrected chi connectivity index (χ4v) is 2.47. The quantitative estimate of drug-likeness (QED) is 0.529. The van der Waals surface area contributed by atoms with Crippen molar-refractivity contribution in [3.8, 4) is 5.75 Å². The van der Waals surface area contributed by atoms with Crippen molar-refractivity contribution in [2.75, 3.05) is 5.32 Å². The first-order chi connectivity index (χ1) is 12.7. The molecule has 0 fully saturated rings. The zero-order valence-electron chi connectivity index (χ0n) is 14.2. The van der Waals surface area contributed by atoms with Crippen molar-refractivity contribution in [3.05, 3.63) is 96.1 Å². The molecule has 0 aromatic heterocycles. The van der Waals surface area contributed by atoms with E-state index in [1.165, 1.54) is 0 Å². The number of nitrogens with one attached hydrogen (secondary N) is 1. The van der Waals surface area contributed by atoms with E-state index >= 15 is 0 Å². The summed E-state index contributed by atoms with van der Waals surface area (Å²) in [6, 6.07) is 25.5. The molecule has 0 bridgehead atoms. The normalized spacial score (nSPS) is 10.2. The molecular weight excluding hydrogens is 326 g/mol. The number of aryl methyl sites for hydroxylation is 1. The van der Waals surface area contributed by atoms with Crippen LogP contribution in [0.1, 0.15) is 22.3 Å². The molecule has 1 N–H and O–H groups in total. The maximum Gasteiger partial charge on any atom is 0.311 e. The zero-order valence-corrected chi connectivity index (χ0v) is 14.2. The summed E-state index contributed by atoms with van der Waals surface area (Å²) in [6.07, 6.45) is 0.942. The maximum atomic E-state index is 12.2. The van der Waals surface area contributed by atoms with Gasteiger partial charge >= 0.3 is 5.97 Å². The van der Waals surface area contributed by atoms with Crippen LogP contribution in [0.5, 0.6) is 5.75 Å². The van der Waals surface area contributed by atoms with Gasteiger partial charge in [-0.25, -0.2) is 0 Å². The van der Waals surface area contributed by atoms with Gasteiger partial charge in [-0.3, -0.25) is 9.59 Å². The molecule has 0 aliphatic rings. The van der Waals surface area contributed by atoms with Crippen molar-refractivity contribution >= 4 is 17.6 Å². The second-order valence-electron chi connectivity index (χ2n) is 5.80. The van der Waals surface area contributed by atoms with Gasteiger partial charge in [-0.1, -0.05) is 48.5 Å². The lowest BCUT2D eigenvalue weighted by atomic mass is 10.1. The summed E-state index contributed by atoms with van der Waals surface area (Å²) in [5.41, 5.74) is 2.32. The number of hydrogen-bond acceptors (Lipinski definition) is 3. The Kier molecular flexibility index (Phi) is 5.78. The highest BCUT2D eigenvalue weighted by Crippen LogP contribution is 2.15. The molecule has 3 aromatic carbocycles. The number of carbonyl (C=O) groups is 2. The molecule has 0 saturated heterocycles. The molecule has 0 unspecified atom stereocenters. The minimum atomic E-state index is -0.296. The van der Waals surface area contributed by atoms with Gasteiger partial charge in [-0.2, -0.15) is 0 Å². The molecule has 1 amide bonds. The van der Waals surface area contributed by atoms with Crippen LogP contribution in [-0.4, -0.2) is 11.9 Å². The van der Waals surface area contributed by atoms with Crippen LogP contribution in [0.25, 0.3) is 0 Å². The van der Waals surface area contributed by atoms with Crippen LogP contribution in [0, 0.1) is 0 Å². The third kappa shape index (κ3) is 5.05. The van der Waals surface area contributed by atoms with Crippen molar-refractivity contribution in [1.82, 2.24) is 0 Å². The molecular formula is C22H19NO3. The molecule has 0 atom stereocenters. The summed E-state index contributed by atoms with van der Waals surface area (Å²) in [4.78, 5) is 24.1. The van der Waals surface area contributed by atoms with E-state index in [0.717, 1.165) is 11.3 Å². The van der Waals surface area contributed by atoms with Crippen molar-refractivity contribution in [3.63, 3.8) is 0 Å². The van der Waals surface area contributed by atoms with E-state index < -0.39 is 0 Å². The summed E-state index contributed by atoms with van der Waals surface area (Å²) in [7, 11) is 0. The molecule has 0 radical (unpaired) electrons. The molecule has 3 aromatic rings. The summed E-state index contributed by atoms with van der Waals surface area (Å²) in [5, 5.41) is 2.81. The first-order valence-electron chi connectivity index (χ1n) is 8.42. The van der Waals surface area contributed by atoms with Crippen LogP contribution in [0.4, 0.5) is 5.69 Å². The number of amides is 1. The minimum absolute atomic E-state index is 0.210. The summed E-state index contributed by atoms with van der Waals surface area (Å²) >= 11 is 0. The summed E-state index contributed by atoms with van der Waals surface area (Å²) < 4.78 is 5.32. The molecule has 4 nitrogen and oxygen atoms in total. The third-order valence-corrected chi connectivity index (χ3v) is 3.84. The third-order valence-electron chi connectivity index (χ3n) is 3.84. The van der Waals surface area contributed by atoms with Crippen LogP contribution < -0.4 is 10.1 Å². The van der Waals surface area contributed by atoms with Gasteiger partial charge in [0.2, 0.25) is 0 Å². The van der Waals surface area contributed by atoms with Crippen LogP contribution in [0.15, 0.2) is 84.9 Å². The Labute approximate surface area is 152 Å². The maximum absolute atomic E-state index is 12.2. The fraction of sp³-hybridized carbons (Fsp3) is 0.0909. The molecule has 0 spiro atoms. The first-order valence-corrected chi connectivity index (χ1v) is 8.42. The van der Waals surface area contributed by atoms with Gasteiger partial charge in [0.05, 0.1) is 0 Å². The van der Waals surface area contributed by atoms with Gasteiger partial charge in [0, 0.05) is 17.7 Å². The van der Waals surface area contributed by atoms with E-state index in [2.05, 4.69) is 5.32 Å². The second kappa shape index (κ2) is 8.62. The van der Waals surface area contributed by atoms with E-state index in [1.807, 2.05) is 60.7 Å². The SMILES string of the molecule is O=C(CCc1ccccc1)Oc1ccc(C(=O)Nc2ccccc2)cc1. The molecule has 0 saturated carbocycles. The zero-order chi connectivity index (χ0) is 18.2. The standard InChI is InChI=1S/C22H19NO3/c24-21(16-11-17-7-3-1-4-8-17)26-20-14-12-18(13-15-20)22(25)23-19-9-5-2-6-10-19/h1-10,12-15H,11,16H2,(H,23,25). The predicted octanol–water partition coefficient (Wildman–Crippen LogP) is 4.48. The van der Waals surface area contributed by atoms with E-state index in [0.29, 0.717) is 24.2 Å². The molecule has 0 aliphatic heterocycles. The van der Waals surface area contributed by atoms with Gasteiger partial charge in [0.25, 0.3) is 5.91 Å². The molecule has 3 rings (SSSR count). The minimum Gasteiger partial charge on any atom is -0.427 e. The number of para-hydroxylation sites is 1. The van der Waals surface area contributed by atoms with Crippen molar-refractivity contribution in [2.45, 2.75) is 12.8 Å². The van der Waals surface area contributed by atoms with Crippen LogP contribution in [0.2, 0.25) is 0 Å².